The van der Waals surface area contributed by atoms with Crippen LogP contribution in [0.5, 0.6) is 11.5 Å². The Morgan fingerprint density at radius 1 is 1.59 bits per heavy atom. The van der Waals surface area contributed by atoms with E-state index in [-0.39, 0.29) is 35.6 Å². The van der Waals surface area contributed by atoms with Crippen molar-refractivity contribution in [3.63, 3.8) is 0 Å². The lowest BCUT2D eigenvalue weighted by Crippen LogP contribution is -2.64. The largest absolute Gasteiger partial charge is 0.493 e. The molecule has 1 aromatic carbocycles. The fraction of sp³-hybridized carbons (Fsp3) is 0.556. The van der Waals surface area contributed by atoms with Gasteiger partial charge in [0.1, 0.15) is 12.2 Å². The summed E-state index contributed by atoms with van der Waals surface area (Å²) < 4.78 is 87.4. The summed E-state index contributed by atoms with van der Waals surface area (Å²) in [6, 6.07) is -2.26. The third kappa shape index (κ3) is 1.28. The van der Waals surface area contributed by atoms with E-state index in [4.69, 9.17) is 21.8 Å². The van der Waals surface area contributed by atoms with Gasteiger partial charge in [-0.3, -0.25) is 0 Å². The molecule has 2 heterocycles. The lowest BCUT2D eigenvalue weighted by molar-refractivity contribution is -0.0453. The predicted molar refractivity (Wildman–Crippen MR) is 82.5 cm³/mol. The van der Waals surface area contributed by atoms with Gasteiger partial charge in [0.2, 0.25) is 0 Å². The van der Waals surface area contributed by atoms with Crippen LogP contribution in [0.3, 0.4) is 0 Å². The molecule has 0 amide bonds. The first-order chi connectivity index (χ1) is 14.2. The maximum atomic E-state index is 10.9. The third-order valence-electron chi connectivity index (χ3n) is 5.22. The molecule has 0 aromatic heterocycles. The van der Waals surface area contributed by atoms with Crippen molar-refractivity contribution in [3.8, 4) is 11.5 Å². The average molecular weight is 308 g/mol. The number of hydrogen-bond acceptors (Lipinski definition) is 4. The van der Waals surface area contributed by atoms with Crippen LogP contribution in [0.1, 0.15) is 29.9 Å². The minimum absolute atomic E-state index is 0.0163. The van der Waals surface area contributed by atoms with E-state index < -0.39 is 55.0 Å². The molecule has 5 atom stereocenters. The molecule has 0 radical (unpaired) electrons. The predicted octanol–water partition coefficient (Wildman–Crippen LogP) is 1.50. The minimum atomic E-state index is -2.65. The number of aliphatic hydroxyl groups is 1. The maximum absolute atomic E-state index is 10.9. The van der Waals surface area contributed by atoms with Gasteiger partial charge in [-0.25, -0.2) is 0 Å². The Kier molecular flexibility index (Phi) is 1.28. The summed E-state index contributed by atoms with van der Waals surface area (Å²) >= 11 is 0. The highest BCUT2D eigenvalue weighted by Crippen LogP contribution is 2.62. The first-order valence-electron chi connectivity index (χ1n) is 11.8. The summed E-state index contributed by atoms with van der Waals surface area (Å²) in [4.78, 5) is 1.05. The number of hydrogen-bond donors (Lipinski definition) is 1. The van der Waals surface area contributed by atoms with Crippen molar-refractivity contribution in [2.24, 2.45) is 5.92 Å². The molecule has 1 spiro atoms. The molecule has 116 valence electrons. The summed E-state index contributed by atoms with van der Waals surface area (Å²) in [5.41, 5.74) is -1.59. The van der Waals surface area contributed by atoms with Crippen LogP contribution in [-0.4, -0.2) is 48.8 Å². The maximum Gasteiger partial charge on any atom is 0.165 e. The fourth-order valence-corrected chi connectivity index (χ4v) is 4.31. The van der Waals surface area contributed by atoms with E-state index in [1.807, 2.05) is 0 Å². The van der Waals surface area contributed by atoms with Crippen molar-refractivity contribution in [1.29, 1.82) is 0 Å². The smallest absolute Gasteiger partial charge is 0.165 e. The molecule has 1 saturated heterocycles. The van der Waals surface area contributed by atoms with Crippen molar-refractivity contribution in [3.05, 3.63) is 35.4 Å². The molecule has 5 rings (SSSR count). The van der Waals surface area contributed by atoms with Gasteiger partial charge in [-0.05, 0) is 37.9 Å². The van der Waals surface area contributed by atoms with E-state index in [0.29, 0.717) is 0 Å². The number of nitrogens with zero attached hydrogens (tertiary/aromatic N) is 1. The van der Waals surface area contributed by atoms with Crippen molar-refractivity contribution < 1.29 is 26.9 Å². The number of rotatable bonds is 1. The number of methoxy groups -OCH3 is 1. The zero-order valence-electron chi connectivity index (χ0n) is 20.9. The van der Waals surface area contributed by atoms with Crippen LogP contribution in [0.2, 0.25) is 0 Å². The molecular formula is C18H21NO3. The van der Waals surface area contributed by atoms with Crippen LogP contribution in [0.4, 0.5) is 0 Å². The lowest BCUT2D eigenvalue weighted by atomic mass is 9.53. The molecule has 2 unspecified atom stereocenters. The average Bonchev–Trinajstić information content (AvgIpc) is 2.90. The Bertz CT molecular complexity index is 1040. The molecule has 2 aliphatic carbocycles. The Morgan fingerprint density at radius 3 is 3.32 bits per heavy atom. The SMILES string of the molecule is [2H]c1c([2H])c2c3c(c1OC)OC1([2H])C([2H])(O)C=C[C@H]4[C@H](N(C([2H])([2H])[2H])CC[C@@]341)C2([2H])[2H]. The molecule has 4 nitrogen and oxygen atoms in total. The summed E-state index contributed by atoms with van der Waals surface area (Å²) in [6.45, 7) is -2.77. The van der Waals surface area contributed by atoms with E-state index in [0.717, 1.165) is 11.0 Å². The second-order valence-electron chi connectivity index (χ2n) is 6.07. The van der Waals surface area contributed by atoms with Crippen LogP contribution in [0, 0.1) is 5.92 Å². The van der Waals surface area contributed by atoms with E-state index >= 15 is 0 Å². The normalized spacial score (nSPS) is 56.5. The van der Waals surface area contributed by atoms with Crippen molar-refractivity contribution >= 4 is 0 Å². The van der Waals surface area contributed by atoms with Gasteiger partial charge in [0, 0.05) is 29.8 Å². The van der Waals surface area contributed by atoms with Gasteiger partial charge in [0.15, 0.2) is 11.5 Å². The Labute approximate surface area is 143 Å². The summed E-state index contributed by atoms with van der Waals surface area (Å²) in [6.07, 6.45) is -4.83. The van der Waals surface area contributed by atoms with Gasteiger partial charge in [-0.1, -0.05) is 18.2 Å². The number of ether oxygens (including phenoxy) is 2. The molecule has 1 aromatic rings. The minimum Gasteiger partial charge on any atom is -0.493 e. The third-order valence-corrected chi connectivity index (χ3v) is 5.22. The van der Waals surface area contributed by atoms with Crippen LogP contribution < -0.4 is 9.47 Å². The molecule has 4 aliphatic rings. The van der Waals surface area contributed by atoms with Gasteiger partial charge in [0.05, 0.1) is 12.6 Å². The second kappa shape index (κ2) is 4.06. The van der Waals surface area contributed by atoms with Gasteiger partial charge in [0.25, 0.3) is 0 Å². The van der Waals surface area contributed by atoms with Gasteiger partial charge in [-0.2, -0.15) is 0 Å². The number of likely N-dealkylation sites (tertiary alicyclic amines) is 1. The molecule has 2 bridgehead atoms. The highest BCUT2D eigenvalue weighted by atomic mass is 16.5. The van der Waals surface area contributed by atoms with Crippen molar-refractivity contribution in [2.45, 2.75) is 36.4 Å². The molecular weight excluding hydrogens is 278 g/mol. The second-order valence-corrected chi connectivity index (χ2v) is 6.07. The number of piperidine rings is 1. The first-order valence-corrected chi connectivity index (χ1v) is 7.26. The summed E-state index contributed by atoms with van der Waals surface area (Å²) in [5, 5.41) is 10.9. The van der Waals surface area contributed by atoms with Gasteiger partial charge < -0.3 is 19.5 Å². The Hall–Kier alpha value is -1.52. The number of benzene rings is 1. The van der Waals surface area contributed by atoms with Crippen LogP contribution in [0.15, 0.2) is 24.2 Å². The standard InChI is InChI=1S/C18H21NO3/c1-19-8-7-18-11-4-5-13(20)17(18)22-16-14(21-2)6-3-10(15(16)18)9-12(11)19/h3-6,11-13,17,20H,7-9H2,1-2H3/t11-,12+,13?,17?,18-/m0/s1/i1D3,3D,6D,9D2,13D,17D. The van der Waals surface area contributed by atoms with Crippen LogP contribution in [0.25, 0.3) is 0 Å². The molecule has 22 heavy (non-hydrogen) atoms. The van der Waals surface area contributed by atoms with Crippen molar-refractivity contribution in [1.82, 2.24) is 4.90 Å². The zero-order chi connectivity index (χ0) is 22.9. The van der Waals surface area contributed by atoms with Gasteiger partial charge >= 0.3 is 0 Å². The fourth-order valence-electron chi connectivity index (χ4n) is 4.31. The van der Waals surface area contributed by atoms with Crippen LogP contribution >= 0.6 is 0 Å². The lowest BCUT2D eigenvalue weighted by Gasteiger charge is -2.56. The van der Waals surface area contributed by atoms with Crippen LogP contribution in [-0.2, 0) is 11.8 Å². The summed E-state index contributed by atoms with van der Waals surface area (Å²) in [7, 11) is 1.26. The molecule has 1 N–H and O–H groups in total. The molecule has 1 fully saturated rings. The quantitative estimate of drug-likeness (QED) is 0.799. The number of likely N-dealkylation sites (N-methyl/N-ethyl adjacent to an activating group) is 1. The Morgan fingerprint density at radius 2 is 2.50 bits per heavy atom. The van der Waals surface area contributed by atoms with E-state index in [9.17, 15) is 5.11 Å². The topological polar surface area (TPSA) is 41.9 Å². The summed E-state index contributed by atoms with van der Waals surface area (Å²) in [5.74, 6) is -1.21. The Balaban J connectivity index is 1.96. The van der Waals surface area contributed by atoms with E-state index in [1.165, 1.54) is 13.2 Å². The van der Waals surface area contributed by atoms with E-state index in [2.05, 4.69) is 0 Å². The zero-order valence-corrected chi connectivity index (χ0v) is 11.9. The molecule has 2 aliphatic heterocycles. The first kappa shape index (κ1) is 6.93. The van der Waals surface area contributed by atoms with E-state index in [1.54, 1.807) is 0 Å². The molecule has 0 saturated carbocycles. The highest BCUT2D eigenvalue weighted by molar-refractivity contribution is 5.62. The van der Waals surface area contributed by atoms with Gasteiger partial charge in [-0.15, -0.1) is 0 Å². The highest BCUT2D eigenvalue weighted by Gasteiger charge is 2.64. The monoisotopic (exact) mass is 308 g/mol. The van der Waals surface area contributed by atoms with Crippen molar-refractivity contribution in [2.75, 3.05) is 20.6 Å². The molecule has 4 heteroatoms.